The van der Waals surface area contributed by atoms with Crippen LogP contribution in [-0.2, 0) is 0 Å². The number of Topliss-reactive ketones (excluding diaryl/α,β-unsaturated/α-hetero) is 1. The van der Waals surface area contributed by atoms with Crippen LogP contribution in [0.2, 0.25) is 0 Å². The predicted molar refractivity (Wildman–Crippen MR) is 156 cm³/mol. The molecule has 4 aromatic rings. The average Bonchev–Trinajstić information content (AvgIpc) is 3.16. The molecular weight excluding hydrogens is 452 g/mol. The van der Waals surface area contributed by atoms with Crippen molar-refractivity contribution in [3.05, 3.63) is 156 Å². The van der Waals surface area contributed by atoms with Crippen molar-refractivity contribution in [3.63, 3.8) is 0 Å². The fourth-order valence-corrected chi connectivity index (χ4v) is 4.68. The van der Waals surface area contributed by atoms with Crippen molar-refractivity contribution in [2.75, 3.05) is 0 Å². The fourth-order valence-electron chi connectivity index (χ4n) is 4.68. The van der Waals surface area contributed by atoms with Crippen LogP contribution in [0, 0.1) is 0 Å². The highest BCUT2D eigenvalue weighted by Gasteiger charge is 2.28. The minimum absolute atomic E-state index is 0.0169. The molecule has 0 aliphatic heterocycles. The van der Waals surface area contributed by atoms with Crippen LogP contribution in [-0.4, -0.2) is 12.1 Å². The highest BCUT2D eigenvalue weighted by Crippen LogP contribution is 2.37. The lowest BCUT2D eigenvalue weighted by Crippen LogP contribution is -1.94. The molecule has 37 heavy (non-hydrogen) atoms. The van der Waals surface area contributed by atoms with E-state index in [1.165, 1.54) is 0 Å². The first-order valence-electron chi connectivity index (χ1n) is 12.2. The number of benzene rings is 4. The maximum atomic E-state index is 12.9. The molecule has 0 atom stereocenters. The summed E-state index contributed by atoms with van der Waals surface area (Å²) in [4.78, 5) is 24.5. The van der Waals surface area contributed by atoms with Crippen molar-refractivity contribution < 1.29 is 9.59 Å². The summed E-state index contributed by atoms with van der Waals surface area (Å²) in [5, 5.41) is 4.33. The summed E-state index contributed by atoms with van der Waals surface area (Å²) in [6.07, 6.45) is 16.2. The molecule has 0 saturated carbocycles. The zero-order valence-electron chi connectivity index (χ0n) is 20.6. The van der Waals surface area contributed by atoms with Crippen molar-refractivity contribution in [1.82, 2.24) is 0 Å². The van der Waals surface area contributed by atoms with E-state index in [2.05, 4.69) is 18.7 Å². The van der Waals surface area contributed by atoms with Crippen LogP contribution in [0.5, 0.6) is 0 Å². The number of ketones is 1. The Labute approximate surface area is 217 Å². The molecule has 0 unspecified atom stereocenters. The number of hydrogen-bond acceptors (Lipinski definition) is 2. The molecule has 0 saturated heterocycles. The lowest BCUT2D eigenvalue weighted by molar-refractivity contribution is 0.104. The molecule has 0 aromatic heterocycles. The van der Waals surface area contributed by atoms with Gasteiger partial charge in [0.05, 0.1) is 0 Å². The van der Waals surface area contributed by atoms with E-state index in [0.717, 1.165) is 50.1 Å². The molecule has 0 spiro atoms. The zero-order chi connectivity index (χ0) is 25.8. The van der Waals surface area contributed by atoms with Crippen molar-refractivity contribution >= 4 is 44.8 Å². The van der Waals surface area contributed by atoms with Gasteiger partial charge >= 0.3 is 0 Å². The van der Waals surface area contributed by atoms with E-state index < -0.39 is 0 Å². The number of carbonyl (C=O) groups excluding carboxylic acids is 2. The maximum absolute atomic E-state index is 12.9. The number of hydrogen-bond donors (Lipinski definition) is 0. The third kappa shape index (κ3) is 4.82. The van der Waals surface area contributed by atoms with Gasteiger partial charge in [0, 0.05) is 16.7 Å². The predicted octanol–water partition coefficient (Wildman–Crippen LogP) is 8.71. The summed E-state index contributed by atoms with van der Waals surface area (Å²) in [6, 6.07) is 24.1. The summed E-state index contributed by atoms with van der Waals surface area (Å²) >= 11 is 0. The highest BCUT2D eigenvalue weighted by molar-refractivity contribution is 6.27. The van der Waals surface area contributed by atoms with Gasteiger partial charge in [-0.3, -0.25) is 9.59 Å². The summed E-state index contributed by atoms with van der Waals surface area (Å²) in [5.74, 6) is 0.0169. The quantitative estimate of drug-likeness (QED) is 0.158. The Morgan fingerprint density at radius 3 is 1.89 bits per heavy atom. The standard InChI is InChI=1S/C35H26O2/c1-24(32-20-27-15-10-9-14-26(27)19-30(32)23-36)13-7-5-3-4-6-8-18-31-25(2)33-21-28-16-11-12-17-29(28)22-34(33)35(31)37/h3-23H,2H2,1H3/b4-3+,7-5+,8-6+,24-13+,31-18-. The van der Waals surface area contributed by atoms with Crippen LogP contribution < -0.4 is 0 Å². The molecule has 2 heteroatoms. The van der Waals surface area contributed by atoms with Crippen LogP contribution >= 0.6 is 0 Å². The van der Waals surface area contributed by atoms with E-state index in [0.29, 0.717) is 16.7 Å². The number of allylic oxidation sites excluding steroid dienone is 11. The van der Waals surface area contributed by atoms with Gasteiger partial charge in [0.1, 0.15) is 0 Å². The van der Waals surface area contributed by atoms with E-state index >= 15 is 0 Å². The van der Waals surface area contributed by atoms with Gasteiger partial charge < -0.3 is 0 Å². The van der Waals surface area contributed by atoms with Crippen LogP contribution in [0.25, 0.3) is 32.7 Å². The highest BCUT2D eigenvalue weighted by atomic mass is 16.1. The fraction of sp³-hybridized carbons (Fsp3) is 0.0286. The number of carbonyl (C=O) groups is 2. The van der Waals surface area contributed by atoms with Crippen LogP contribution in [0.4, 0.5) is 0 Å². The van der Waals surface area contributed by atoms with Crippen molar-refractivity contribution in [3.8, 4) is 0 Å². The Bertz CT molecular complexity index is 1660. The van der Waals surface area contributed by atoms with Gasteiger partial charge in [0.2, 0.25) is 0 Å². The summed E-state index contributed by atoms with van der Waals surface area (Å²) in [5.41, 5.74) is 5.66. The summed E-state index contributed by atoms with van der Waals surface area (Å²) < 4.78 is 0. The molecular formula is C35H26O2. The lowest BCUT2D eigenvalue weighted by atomic mass is 9.96. The molecule has 2 nitrogen and oxygen atoms in total. The van der Waals surface area contributed by atoms with Gasteiger partial charge in [0.15, 0.2) is 12.1 Å². The van der Waals surface area contributed by atoms with Gasteiger partial charge in [-0.1, -0.05) is 104 Å². The Hall–Kier alpha value is -4.82. The second-order valence-corrected chi connectivity index (χ2v) is 9.04. The van der Waals surface area contributed by atoms with Gasteiger partial charge in [-0.15, -0.1) is 0 Å². The van der Waals surface area contributed by atoms with Crippen LogP contribution in [0.1, 0.15) is 38.8 Å². The smallest absolute Gasteiger partial charge is 0.194 e. The molecule has 1 aliphatic carbocycles. The molecule has 0 amide bonds. The van der Waals surface area contributed by atoms with E-state index in [1.54, 1.807) is 0 Å². The number of aldehydes is 1. The molecule has 0 N–H and O–H groups in total. The van der Waals surface area contributed by atoms with Gasteiger partial charge in [-0.2, -0.15) is 0 Å². The molecule has 0 fully saturated rings. The third-order valence-corrected chi connectivity index (χ3v) is 6.66. The summed E-state index contributed by atoms with van der Waals surface area (Å²) in [6.45, 7) is 6.17. The topological polar surface area (TPSA) is 34.1 Å². The van der Waals surface area contributed by atoms with E-state index in [1.807, 2.05) is 116 Å². The normalized spacial score (nSPS) is 15.3. The zero-order valence-corrected chi connectivity index (χ0v) is 20.6. The van der Waals surface area contributed by atoms with Crippen LogP contribution in [0.3, 0.4) is 0 Å². The molecule has 0 heterocycles. The second-order valence-electron chi connectivity index (χ2n) is 9.04. The first-order chi connectivity index (χ1) is 18.1. The van der Waals surface area contributed by atoms with Crippen molar-refractivity contribution in [1.29, 1.82) is 0 Å². The van der Waals surface area contributed by atoms with E-state index in [9.17, 15) is 9.59 Å². The molecule has 1 aliphatic rings. The first kappa shape index (κ1) is 23.9. The third-order valence-electron chi connectivity index (χ3n) is 6.66. The second kappa shape index (κ2) is 10.4. The largest absolute Gasteiger partial charge is 0.298 e. The van der Waals surface area contributed by atoms with E-state index in [4.69, 9.17) is 0 Å². The van der Waals surface area contributed by atoms with E-state index in [-0.39, 0.29) is 5.78 Å². The Balaban J connectivity index is 1.26. The lowest BCUT2D eigenvalue weighted by Gasteiger charge is -2.07. The molecule has 5 rings (SSSR count). The van der Waals surface area contributed by atoms with Crippen LogP contribution in [0.15, 0.2) is 134 Å². The molecule has 178 valence electrons. The average molecular weight is 479 g/mol. The number of rotatable bonds is 6. The number of fused-ring (bicyclic) bond motifs is 3. The van der Waals surface area contributed by atoms with Gasteiger partial charge in [-0.25, -0.2) is 0 Å². The first-order valence-corrected chi connectivity index (χ1v) is 12.2. The monoisotopic (exact) mass is 478 g/mol. The summed E-state index contributed by atoms with van der Waals surface area (Å²) in [7, 11) is 0. The van der Waals surface area contributed by atoms with Gasteiger partial charge in [0.25, 0.3) is 0 Å². The Kier molecular flexibility index (Phi) is 6.74. The van der Waals surface area contributed by atoms with Gasteiger partial charge in [-0.05, 0) is 75.0 Å². The van der Waals surface area contributed by atoms with Crippen molar-refractivity contribution in [2.24, 2.45) is 0 Å². The minimum atomic E-state index is 0.0169. The molecule has 0 radical (unpaired) electrons. The minimum Gasteiger partial charge on any atom is -0.298 e. The molecule has 0 bridgehead atoms. The molecule has 4 aromatic carbocycles. The Morgan fingerprint density at radius 2 is 1.24 bits per heavy atom. The maximum Gasteiger partial charge on any atom is 0.194 e. The Morgan fingerprint density at radius 1 is 0.703 bits per heavy atom. The van der Waals surface area contributed by atoms with Crippen molar-refractivity contribution in [2.45, 2.75) is 6.92 Å². The SMILES string of the molecule is C=C1/C(=C/C=C/C=C/C=C/C=C(\C)c2cc3ccccc3cc2C=O)C(=O)c2cc3ccccc3cc21.